The van der Waals surface area contributed by atoms with Crippen molar-refractivity contribution >= 4 is 15.9 Å². The Hall–Kier alpha value is 0.220. The summed E-state index contributed by atoms with van der Waals surface area (Å²) in [5.41, 5.74) is 1.53. The second-order valence-corrected chi connectivity index (χ2v) is 3.65. The van der Waals surface area contributed by atoms with Gasteiger partial charge in [0.05, 0.1) is 0 Å². The molecule has 1 fully saturated rings. The van der Waals surface area contributed by atoms with Crippen LogP contribution >= 0.6 is 15.9 Å². The first-order valence-corrected chi connectivity index (χ1v) is 5.03. The van der Waals surface area contributed by atoms with E-state index in [0.717, 1.165) is 5.92 Å². The van der Waals surface area contributed by atoms with Crippen molar-refractivity contribution in [2.75, 3.05) is 0 Å². The average Bonchev–Trinajstić information content (AvgIpc) is 2.05. The lowest BCUT2D eigenvalue weighted by molar-refractivity contribution is 0.403. The van der Waals surface area contributed by atoms with Gasteiger partial charge in [0.15, 0.2) is 0 Å². The number of rotatable bonds is 1. The molecule has 0 radical (unpaired) electrons. The summed E-state index contributed by atoms with van der Waals surface area (Å²) in [7, 11) is 0. The molecule has 0 heterocycles. The molecule has 0 bridgehead atoms. The van der Waals surface area contributed by atoms with Crippen molar-refractivity contribution in [1.82, 2.24) is 0 Å². The number of hydrogen-bond acceptors (Lipinski definition) is 0. The predicted molar refractivity (Wildman–Crippen MR) is 49.3 cm³/mol. The Balaban J connectivity index is 2.39. The van der Waals surface area contributed by atoms with Crippen LogP contribution in [0.3, 0.4) is 0 Å². The highest BCUT2D eigenvalue weighted by Gasteiger charge is 2.13. The molecule has 0 aromatic rings. The van der Waals surface area contributed by atoms with Gasteiger partial charge in [-0.3, -0.25) is 0 Å². The lowest BCUT2D eigenvalue weighted by Crippen LogP contribution is -2.06. The summed E-state index contributed by atoms with van der Waals surface area (Å²) in [5, 5.41) is 0. The second-order valence-electron chi connectivity index (χ2n) is 3.19. The van der Waals surface area contributed by atoms with Crippen molar-refractivity contribution in [3.63, 3.8) is 0 Å². The van der Waals surface area contributed by atoms with E-state index in [9.17, 15) is 0 Å². The molecule has 0 atom stereocenters. The van der Waals surface area contributed by atoms with Gasteiger partial charge in [0.2, 0.25) is 0 Å². The SMILES string of the molecule is C/C(=C\Br)C1CCCCC1. The standard InChI is InChI=1S/C9H15Br/c1-8(7-10)9-5-3-2-4-6-9/h7,9H,2-6H2,1H3/b8-7+. The summed E-state index contributed by atoms with van der Waals surface area (Å²) in [4.78, 5) is 2.09. The fourth-order valence-electron chi connectivity index (χ4n) is 1.65. The number of allylic oxidation sites excluding steroid dienone is 1. The van der Waals surface area contributed by atoms with Crippen LogP contribution in [0, 0.1) is 5.92 Å². The quantitative estimate of drug-likeness (QED) is 0.606. The van der Waals surface area contributed by atoms with Crippen LogP contribution in [0.4, 0.5) is 0 Å². The highest BCUT2D eigenvalue weighted by atomic mass is 79.9. The monoisotopic (exact) mass is 202 g/mol. The molecule has 1 aliphatic carbocycles. The smallest absolute Gasteiger partial charge is 0.0197 e. The maximum absolute atomic E-state index is 3.39. The topological polar surface area (TPSA) is 0 Å². The Labute approximate surface area is 71.8 Å². The van der Waals surface area contributed by atoms with E-state index in [1.165, 1.54) is 37.7 Å². The van der Waals surface area contributed by atoms with Gasteiger partial charge in [-0.1, -0.05) is 40.8 Å². The van der Waals surface area contributed by atoms with Crippen LogP contribution in [0.1, 0.15) is 39.0 Å². The van der Waals surface area contributed by atoms with Gasteiger partial charge < -0.3 is 0 Å². The zero-order valence-corrected chi connectivity index (χ0v) is 8.15. The summed E-state index contributed by atoms with van der Waals surface area (Å²) in [6.45, 7) is 2.23. The minimum absolute atomic E-state index is 0.883. The third kappa shape index (κ3) is 2.12. The van der Waals surface area contributed by atoms with Gasteiger partial charge in [-0.05, 0) is 30.7 Å². The van der Waals surface area contributed by atoms with Crippen molar-refractivity contribution in [2.24, 2.45) is 5.92 Å². The van der Waals surface area contributed by atoms with E-state index in [1.54, 1.807) is 0 Å². The van der Waals surface area contributed by atoms with Gasteiger partial charge in [-0.15, -0.1) is 0 Å². The maximum Gasteiger partial charge on any atom is -0.0197 e. The molecule has 10 heavy (non-hydrogen) atoms. The van der Waals surface area contributed by atoms with E-state index in [0.29, 0.717) is 0 Å². The molecule has 0 aliphatic heterocycles. The Morgan fingerprint density at radius 2 is 1.90 bits per heavy atom. The van der Waals surface area contributed by atoms with Crippen LogP contribution < -0.4 is 0 Å². The summed E-state index contributed by atoms with van der Waals surface area (Å²) in [6, 6.07) is 0. The van der Waals surface area contributed by atoms with Crippen molar-refractivity contribution in [3.05, 3.63) is 10.6 Å². The van der Waals surface area contributed by atoms with E-state index in [4.69, 9.17) is 0 Å². The Bertz CT molecular complexity index is 121. The van der Waals surface area contributed by atoms with E-state index < -0.39 is 0 Å². The lowest BCUT2D eigenvalue weighted by atomic mass is 9.85. The molecule has 0 aromatic heterocycles. The molecule has 0 spiro atoms. The molecule has 1 aliphatic rings. The maximum atomic E-state index is 3.39. The van der Waals surface area contributed by atoms with Crippen LogP contribution in [-0.4, -0.2) is 0 Å². The molecular weight excluding hydrogens is 188 g/mol. The normalized spacial score (nSPS) is 23.2. The van der Waals surface area contributed by atoms with E-state index in [1.807, 2.05) is 0 Å². The summed E-state index contributed by atoms with van der Waals surface area (Å²) in [6.07, 6.45) is 7.14. The molecule has 58 valence electrons. The van der Waals surface area contributed by atoms with E-state index in [-0.39, 0.29) is 0 Å². The Morgan fingerprint density at radius 1 is 1.30 bits per heavy atom. The molecular formula is C9H15Br. The first-order chi connectivity index (χ1) is 4.84. The molecule has 0 N–H and O–H groups in total. The molecule has 0 amide bonds. The molecule has 1 heteroatoms. The third-order valence-electron chi connectivity index (χ3n) is 2.42. The highest BCUT2D eigenvalue weighted by molar-refractivity contribution is 9.11. The summed E-state index contributed by atoms with van der Waals surface area (Å²) in [5.74, 6) is 0.883. The van der Waals surface area contributed by atoms with Crippen molar-refractivity contribution in [3.8, 4) is 0 Å². The summed E-state index contributed by atoms with van der Waals surface area (Å²) >= 11 is 3.39. The Morgan fingerprint density at radius 3 is 2.40 bits per heavy atom. The third-order valence-corrected chi connectivity index (χ3v) is 3.14. The molecule has 0 saturated heterocycles. The van der Waals surface area contributed by atoms with E-state index >= 15 is 0 Å². The van der Waals surface area contributed by atoms with Gasteiger partial charge in [-0.2, -0.15) is 0 Å². The average molecular weight is 203 g/mol. The van der Waals surface area contributed by atoms with Crippen LogP contribution in [0.15, 0.2) is 10.6 Å². The van der Waals surface area contributed by atoms with Gasteiger partial charge in [0, 0.05) is 0 Å². The van der Waals surface area contributed by atoms with Crippen molar-refractivity contribution < 1.29 is 0 Å². The Kier molecular flexibility index (Phi) is 3.47. The molecule has 0 unspecified atom stereocenters. The summed E-state index contributed by atoms with van der Waals surface area (Å²) < 4.78 is 0. The minimum atomic E-state index is 0.883. The van der Waals surface area contributed by atoms with Gasteiger partial charge >= 0.3 is 0 Å². The lowest BCUT2D eigenvalue weighted by Gasteiger charge is -2.21. The predicted octanol–water partition coefficient (Wildman–Crippen LogP) is 3.87. The van der Waals surface area contributed by atoms with Crippen molar-refractivity contribution in [1.29, 1.82) is 0 Å². The van der Waals surface area contributed by atoms with Gasteiger partial charge in [-0.25, -0.2) is 0 Å². The first-order valence-electron chi connectivity index (χ1n) is 4.11. The van der Waals surface area contributed by atoms with Gasteiger partial charge in [0.25, 0.3) is 0 Å². The van der Waals surface area contributed by atoms with Crippen molar-refractivity contribution in [2.45, 2.75) is 39.0 Å². The zero-order chi connectivity index (χ0) is 7.40. The number of halogens is 1. The highest BCUT2D eigenvalue weighted by Crippen LogP contribution is 2.29. The second kappa shape index (κ2) is 4.17. The van der Waals surface area contributed by atoms with Crippen LogP contribution in [-0.2, 0) is 0 Å². The molecule has 0 aromatic carbocycles. The molecule has 1 rings (SSSR count). The first kappa shape index (κ1) is 8.32. The van der Waals surface area contributed by atoms with Gasteiger partial charge in [0.1, 0.15) is 0 Å². The van der Waals surface area contributed by atoms with Crippen LogP contribution in [0.25, 0.3) is 0 Å². The minimum Gasteiger partial charge on any atom is -0.0633 e. The molecule has 0 nitrogen and oxygen atoms in total. The molecule has 1 saturated carbocycles. The zero-order valence-electron chi connectivity index (χ0n) is 6.57. The van der Waals surface area contributed by atoms with E-state index in [2.05, 4.69) is 27.8 Å². The van der Waals surface area contributed by atoms with Crippen LogP contribution in [0.5, 0.6) is 0 Å². The van der Waals surface area contributed by atoms with Crippen LogP contribution in [0.2, 0.25) is 0 Å². The fourth-order valence-corrected chi connectivity index (χ4v) is 2.02. The number of hydrogen-bond donors (Lipinski definition) is 0. The largest absolute Gasteiger partial charge is 0.0633 e. The fraction of sp³-hybridized carbons (Fsp3) is 0.778.